The number of ether oxygens (including phenoxy) is 1. The third-order valence-electron chi connectivity index (χ3n) is 4.28. The van der Waals surface area contributed by atoms with Gasteiger partial charge in [0, 0.05) is 26.2 Å². The summed E-state index contributed by atoms with van der Waals surface area (Å²) in [4.78, 5) is 25.4. The smallest absolute Gasteiger partial charge is 0.475 e. The number of carbonyl (C=O) groups is 2. The van der Waals surface area contributed by atoms with Crippen LogP contribution in [0.1, 0.15) is 30.7 Å². The van der Waals surface area contributed by atoms with Crippen LogP contribution in [-0.2, 0) is 34.0 Å². The average Bonchev–Trinajstić information content (AvgIpc) is 3.19. The molecule has 1 N–H and O–H groups in total. The van der Waals surface area contributed by atoms with Crippen LogP contribution in [0.5, 0.6) is 0 Å². The van der Waals surface area contributed by atoms with Crippen molar-refractivity contribution < 1.29 is 32.6 Å². The molecule has 1 atom stereocenters. The Kier molecular flexibility index (Phi) is 7.35. The summed E-state index contributed by atoms with van der Waals surface area (Å²) in [5, 5.41) is 15.6. The van der Waals surface area contributed by atoms with Gasteiger partial charge in [-0.15, -0.1) is 5.10 Å². The second-order valence-corrected chi connectivity index (χ2v) is 6.86. The molecule has 1 fully saturated rings. The van der Waals surface area contributed by atoms with E-state index >= 15 is 0 Å². The fourth-order valence-electron chi connectivity index (χ4n) is 2.98. The Labute approximate surface area is 160 Å². The Bertz CT molecular complexity index is 686. The molecule has 1 amide bonds. The van der Waals surface area contributed by atoms with E-state index in [-0.39, 0.29) is 12.0 Å². The van der Waals surface area contributed by atoms with E-state index in [2.05, 4.69) is 15.2 Å². The third kappa shape index (κ3) is 5.89. The Morgan fingerprint density at radius 2 is 1.96 bits per heavy atom. The minimum absolute atomic E-state index is 0.123. The van der Waals surface area contributed by atoms with E-state index in [9.17, 15) is 18.0 Å². The average molecular weight is 407 g/mol. The van der Waals surface area contributed by atoms with Gasteiger partial charge < -0.3 is 19.6 Å². The first-order chi connectivity index (χ1) is 13.1. The third-order valence-corrected chi connectivity index (χ3v) is 4.28. The highest BCUT2D eigenvalue weighted by Gasteiger charge is 2.38. The van der Waals surface area contributed by atoms with Crippen LogP contribution >= 0.6 is 0 Å². The zero-order valence-corrected chi connectivity index (χ0v) is 15.8. The van der Waals surface area contributed by atoms with Gasteiger partial charge in [-0.25, -0.2) is 9.48 Å². The highest BCUT2D eigenvalue weighted by molar-refractivity contribution is 5.81. The molecule has 12 heteroatoms. The molecular weight excluding hydrogens is 383 g/mol. The molecule has 0 saturated carbocycles. The van der Waals surface area contributed by atoms with Crippen LogP contribution in [0.2, 0.25) is 0 Å². The number of aliphatic carboxylic acids is 1. The molecule has 28 heavy (non-hydrogen) atoms. The molecule has 2 aliphatic rings. The van der Waals surface area contributed by atoms with Crippen molar-refractivity contribution in [2.45, 2.75) is 51.2 Å². The van der Waals surface area contributed by atoms with Crippen molar-refractivity contribution >= 4 is 11.9 Å². The minimum atomic E-state index is -5.08. The van der Waals surface area contributed by atoms with Crippen molar-refractivity contribution in [3.8, 4) is 0 Å². The lowest BCUT2D eigenvalue weighted by Crippen LogP contribution is -2.38. The highest BCUT2D eigenvalue weighted by atomic mass is 19.4. The topological polar surface area (TPSA) is 101 Å². The van der Waals surface area contributed by atoms with Gasteiger partial charge in [0.2, 0.25) is 0 Å². The first-order valence-electron chi connectivity index (χ1n) is 8.86. The maximum atomic E-state index is 12.6. The number of amides is 1. The van der Waals surface area contributed by atoms with Crippen LogP contribution in [-0.4, -0.2) is 81.3 Å². The molecule has 0 bridgehead atoms. The first kappa shape index (κ1) is 22.1. The summed E-state index contributed by atoms with van der Waals surface area (Å²) in [6.07, 6.45) is -2.59. The Hall–Kier alpha value is -2.21. The predicted molar refractivity (Wildman–Crippen MR) is 90.1 cm³/mol. The molecule has 3 rings (SSSR count). The molecule has 0 radical (unpaired) electrons. The molecule has 158 valence electrons. The number of carboxylic acid groups (broad SMARTS) is 1. The number of carbonyl (C=O) groups excluding carboxylic acids is 1. The van der Waals surface area contributed by atoms with E-state index < -0.39 is 12.1 Å². The standard InChI is InChI=1S/C14H23N5O2.C2HF3O2/c1-17(2)9-11-12-10-18(6-4-7-19(12)16-15-11)14(20)13-5-3-8-21-13;3-2(4,5)1(6)7/h13H,3-10H2,1-2H3;(H,6,7). The van der Waals surface area contributed by atoms with Crippen LogP contribution in [0.25, 0.3) is 0 Å². The highest BCUT2D eigenvalue weighted by Crippen LogP contribution is 2.20. The first-order valence-corrected chi connectivity index (χ1v) is 8.86. The number of rotatable bonds is 3. The molecule has 1 saturated heterocycles. The van der Waals surface area contributed by atoms with Gasteiger partial charge in [-0.05, 0) is 33.4 Å². The van der Waals surface area contributed by atoms with Crippen LogP contribution < -0.4 is 0 Å². The van der Waals surface area contributed by atoms with Gasteiger partial charge in [-0.3, -0.25) is 4.79 Å². The van der Waals surface area contributed by atoms with Gasteiger partial charge in [0.15, 0.2) is 0 Å². The number of carboxylic acids is 1. The lowest BCUT2D eigenvalue weighted by atomic mass is 10.2. The number of fused-ring (bicyclic) bond motifs is 1. The van der Waals surface area contributed by atoms with E-state index in [0.29, 0.717) is 13.2 Å². The zero-order chi connectivity index (χ0) is 20.9. The molecule has 1 aromatic rings. The SMILES string of the molecule is CN(C)Cc1nnn2c1CN(C(=O)C1CCCO1)CCC2.O=C(O)C(F)(F)F. The summed E-state index contributed by atoms with van der Waals surface area (Å²) in [7, 11) is 4.02. The summed E-state index contributed by atoms with van der Waals surface area (Å²) < 4.78 is 39.2. The number of hydrogen-bond acceptors (Lipinski definition) is 6. The number of alkyl halides is 3. The molecule has 0 aromatic carbocycles. The van der Waals surface area contributed by atoms with Crippen LogP contribution in [0, 0.1) is 0 Å². The number of aromatic nitrogens is 3. The number of aryl methyl sites for hydroxylation is 1. The Balaban J connectivity index is 0.000000345. The summed E-state index contributed by atoms with van der Waals surface area (Å²) in [5.74, 6) is -2.63. The van der Waals surface area contributed by atoms with Gasteiger partial charge >= 0.3 is 12.1 Å². The summed E-state index contributed by atoms with van der Waals surface area (Å²) >= 11 is 0. The van der Waals surface area contributed by atoms with Gasteiger partial charge in [-0.1, -0.05) is 5.21 Å². The van der Waals surface area contributed by atoms with Gasteiger partial charge in [0.05, 0.1) is 12.2 Å². The molecular formula is C16H24F3N5O4. The van der Waals surface area contributed by atoms with Gasteiger partial charge in [0.25, 0.3) is 5.91 Å². The Morgan fingerprint density at radius 3 is 2.50 bits per heavy atom. The van der Waals surface area contributed by atoms with Crippen LogP contribution in [0.3, 0.4) is 0 Å². The minimum Gasteiger partial charge on any atom is -0.475 e. The zero-order valence-electron chi connectivity index (χ0n) is 15.8. The maximum Gasteiger partial charge on any atom is 0.490 e. The number of nitrogens with zero attached hydrogens (tertiary/aromatic N) is 5. The Morgan fingerprint density at radius 1 is 1.29 bits per heavy atom. The summed E-state index contributed by atoms with van der Waals surface area (Å²) in [5.41, 5.74) is 2.03. The number of halogens is 3. The van der Waals surface area contributed by atoms with Crippen molar-refractivity contribution in [1.29, 1.82) is 0 Å². The largest absolute Gasteiger partial charge is 0.490 e. The van der Waals surface area contributed by atoms with E-state index in [1.807, 2.05) is 23.7 Å². The fourth-order valence-corrected chi connectivity index (χ4v) is 2.98. The lowest BCUT2D eigenvalue weighted by molar-refractivity contribution is -0.192. The normalized spacial score (nSPS) is 19.6. The molecule has 0 aliphatic carbocycles. The molecule has 1 unspecified atom stereocenters. The molecule has 0 spiro atoms. The predicted octanol–water partition coefficient (Wildman–Crippen LogP) is 0.884. The molecule has 3 heterocycles. The second kappa shape index (κ2) is 9.32. The lowest BCUT2D eigenvalue weighted by Gasteiger charge is -2.23. The van der Waals surface area contributed by atoms with Crippen LogP contribution in [0.15, 0.2) is 0 Å². The van der Waals surface area contributed by atoms with Crippen molar-refractivity contribution in [1.82, 2.24) is 24.8 Å². The number of hydrogen-bond donors (Lipinski definition) is 1. The van der Waals surface area contributed by atoms with Crippen LogP contribution in [0.4, 0.5) is 13.2 Å². The van der Waals surface area contributed by atoms with Crippen molar-refractivity contribution in [3.05, 3.63) is 11.4 Å². The summed E-state index contributed by atoms with van der Waals surface area (Å²) in [6, 6.07) is 0. The van der Waals surface area contributed by atoms with Crippen molar-refractivity contribution in [2.75, 3.05) is 27.2 Å². The van der Waals surface area contributed by atoms with E-state index in [4.69, 9.17) is 14.6 Å². The fraction of sp³-hybridized carbons (Fsp3) is 0.750. The van der Waals surface area contributed by atoms with Crippen molar-refractivity contribution in [3.63, 3.8) is 0 Å². The maximum absolute atomic E-state index is 12.6. The van der Waals surface area contributed by atoms with E-state index in [1.54, 1.807) is 0 Å². The van der Waals surface area contributed by atoms with E-state index in [0.717, 1.165) is 50.3 Å². The van der Waals surface area contributed by atoms with Gasteiger partial charge in [-0.2, -0.15) is 13.2 Å². The van der Waals surface area contributed by atoms with Gasteiger partial charge in [0.1, 0.15) is 11.8 Å². The second-order valence-electron chi connectivity index (χ2n) is 6.86. The van der Waals surface area contributed by atoms with E-state index in [1.165, 1.54) is 0 Å². The summed E-state index contributed by atoms with van der Waals surface area (Å²) in [6.45, 7) is 3.64. The monoisotopic (exact) mass is 407 g/mol. The van der Waals surface area contributed by atoms with Crippen molar-refractivity contribution in [2.24, 2.45) is 0 Å². The molecule has 1 aromatic heterocycles. The quantitative estimate of drug-likeness (QED) is 0.794. The molecule has 2 aliphatic heterocycles. The molecule has 9 nitrogen and oxygen atoms in total.